The normalized spacial score (nSPS) is 12.7. The Bertz CT molecular complexity index is 568. The Balaban J connectivity index is 2.25. The van der Waals surface area contributed by atoms with E-state index in [1.807, 2.05) is 6.07 Å². The molecule has 0 fully saturated rings. The van der Waals surface area contributed by atoms with Gasteiger partial charge in [0.05, 0.1) is 23.9 Å². The van der Waals surface area contributed by atoms with Crippen molar-refractivity contribution in [1.29, 1.82) is 0 Å². The fourth-order valence-corrected chi connectivity index (χ4v) is 2.47. The highest BCUT2D eigenvalue weighted by atomic mass is 16.5. The molecule has 0 bridgehead atoms. The second kappa shape index (κ2) is 8.11. The number of benzene rings is 1. The Hall–Kier alpha value is -1.45. The number of pyridine rings is 1. The number of nitrogens with zero attached hydrogens (tertiary/aromatic N) is 1. The van der Waals surface area contributed by atoms with Crippen molar-refractivity contribution in [3.8, 4) is 0 Å². The fourth-order valence-electron chi connectivity index (χ4n) is 2.47. The number of para-hydroxylation sites is 1. The van der Waals surface area contributed by atoms with Gasteiger partial charge in [-0.2, -0.15) is 0 Å². The number of aryl methyl sites for hydroxylation is 1. The van der Waals surface area contributed by atoms with Gasteiger partial charge in [-0.3, -0.25) is 4.98 Å². The Morgan fingerprint density at radius 3 is 2.76 bits per heavy atom. The first-order valence-corrected chi connectivity index (χ1v) is 7.93. The van der Waals surface area contributed by atoms with E-state index in [-0.39, 0.29) is 6.04 Å². The van der Waals surface area contributed by atoms with Crippen molar-refractivity contribution in [3.05, 3.63) is 41.6 Å². The Labute approximate surface area is 127 Å². The predicted molar refractivity (Wildman–Crippen MR) is 88.6 cm³/mol. The number of aromatic nitrogens is 1. The lowest BCUT2D eigenvalue weighted by atomic mass is 10.1. The molecule has 3 heteroatoms. The van der Waals surface area contributed by atoms with Gasteiger partial charge in [0.2, 0.25) is 0 Å². The van der Waals surface area contributed by atoms with Crippen LogP contribution in [0, 0.1) is 6.92 Å². The maximum absolute atomic E-state index is 5.75. The van der Waals surface area contributed by atoms with Crippen LogP contribution in [0.4, 0.5) is 0 Å². The molecule has 3 nitrogen and oxygen atoms in total. The van der Waals surface area contributed by atoms with Gasteiger partial charge in [-0.15, -0.1) is 0 Å². The minimum atomic E-state index is 0.166. The summed E-state index contributed by atoms with van der Waals surface area (Å²) >= 11 is 0. The number of ether oxygens (including phenoxy) is 1. The summed E-state index contributed by atoms with van der Waals surface area (Å²) in [5.41, 5.74) is 3.41. The topological polar surface area (TPSA) is 34.1 Å². The molecule has 0 radical (unpaired) electrons. The highest BCUT2D eigenvalue weighted by Gasteiger charge is 2.14. The summed E-state index contributed by atoms with van der Waals surface area (Å²) in [5.74, 6) is 0. The van der Waals surface area contributed by atoms with Crippen LogP contribution in [0.5, 0.6) is 0 Å². The van der Waals surface area contributed by atoms with Crippen LogP contribution >= 0.6 is 0 Å². The van der Waals surface area contributed by atoms with Crippen LogP contribution in [-0.4, -0.2) is 24.7 Å². The first-order chi connectivity index (χ1) is 10.3. The van der Waals surface area contributed by atoms with Crippen LogP contribution in [0.15, 0.2) is 30.3 Å². The quantitative estimate of drug-likeness (QED) is 0.744. The van der Waals surface area contributed by atoms with Crippen molar-refractivity contribution >= 4 is 10.9 Å². The molecule has 0 aliphatic heterocycles. The van der Waals surface area contributed by atoms with E-state index in [0.29, 0.717) is 6.61 Å². The van der Waals surface area contributed by atoms with E-state index >= 15 is 0 Å². The molecule has 2 rings (SSSR count). The molecular formula is C18H26N2O. The highest BCUT2D eigenvalue weighted by Crippen LogP contribution is 2.21. The molecule has 0 spiro atoms. The number of nitrogens with one attached hydrogen (secondary N) is 1. The van der Waals surface area contributed by atoms with Gasteiger partial charge in [-0.1, -0.05) is 32.0 Å². The van der Waals surface area contributed by atoms with E-state index in [1.54, 1.807) is 0 Å². The third-order valence-corrected chi connectivity index (χ3v) is 3.57. The first-order valence-electron chi connectivity index (χ1n) is 7.93. The van der Waals surface area contributed by atoms with Gasteiger partial charge in [-0.25, -0.2) is 0 Å². The van der Waals surface area contributed by atoms with Gasteiger partial charge >= 0.3 is 0 Å². The average Bonchev–Trinajstić information content (AvgIpc) is 2.50. The fraction of sp³-hybridized carbons (Fsp3) is 0.500. The lowest BCUT2D eigenvalue weighted by molar-refractivity contribution is 0.111. The van der Waals surface area contributed by atoms with Crippen molar-refractivity contribution in [2.24, 2.45) is 0 Å². The van der Waals surface area contributed by atoms with Crippen LogP contribution < -0.4 is 5.32 Å². The molecule has 1 aromatic heterocycles. The van der Waals surface area contributed by atoms with Gasteiger partial charge in [0, 0.05) is 12.0 Å². The maximum atomic E-state index is 5.75. The number of rotatable bonds is 8. The van der Waals surface area contributed by atoms with E-state index in [2.05, 4.69) is 50.4 Å². The maximum Gasteiger partial charge on any atom is 0.0733 e. The van der Waals surface area contributed by atoms with Gasteiger partial charge < -0.3 is 10.1 Å². The molecule has 2 aromatic rings. The predicted octanol–water partition coefficient (Wildman–Crippen LogP) is 4.01. The van der Waals surface area contributed by atoms with Crippen LogP contribution in [0.2, 0.25) is 0 Å². The summed E-state index contributed by atoms with van der Waals surface area (Å²) in [7, 11) is 0. The molecule has 114 valence electrons. The molecule has 0 aliphatic rings. The van der Waals surface area contributed by atoms with Crippen molar-refractivity contribution in [2.75, 3.05) is 19.8 Å². The zero-order valence-corrected chi connectivity index (χ0v) is 13.4. The summed E-state index contributed by atoms with van der Waals surface area (Å²) in [6.45, 7) is 8.92. The molecule has 1 heterocycles. The van der Waals surface area contributed by atoms with Crippen LogP contribution in [0.25, 0.3) is 10.9 Å². The number of fused-ring (bicyclic) bond motifs is 1. The zero-order chi connectivity index (χ0) is 15.1. The minimum Gasteiger partial charge on any atom is -0.379 e. The average molecular weight is 286 g/mol. The van der Waals surface area contributed by atoms with E-state index in [4.69, 9.17) is 9.72 Å². The monoisotopic (exact) mass is 286 g/mol. The number of hydrogen-bond donors (Lipinski definition) is 1. The Morgan fingerprint density at radius 2 is 2.00 bits per heavy atom. The summed E-state index contributed by atoms with van der Waals surface area (Å²) in [6, 6.07) is 10.7. The molecule has 1 aromatic carbocycles. The van der Waals surface area contributed by atoms with E-state index in [9.17, 15) is 0 Å². The lowest BCUT2D eigenvalue weighted by Gasteiger charge is -2.19. The second-order valence-electron chi connectivity index (χ2n) is 5.46. The molecule has 1 N–H and O–H groups in total. The molecule has 0 aliphatic carbocycles. The zero-order valence-electron chi connectivity index (χ0n) is 13.4. The van der Waals surface area contributed by atoms with Crippen LogP contribution in [-0.2, 0) is 4.74 Å². The van der Waals surface area contributed by atoms with Gasteiger partial charge in [-0.05, 0) is 44.0 Å². The van der Waals surface area contributed by atoms with Crippen molar-refractivity contribution in [1.82, 2.24) is 10.3 Å². The van der Waals surface area contributed by atoms with E-state index in [1.165, 1.54) is 10.9 Å². The molecule has 0 saturated carbocycles. The first kappa shape index (κ1) is 15.9. The highest BCUT2D eigenvalue weighted by molar-refractivity contribution is 5.82. The summed E-state index contributed by atoms with van der Waals surface area (Å²) in [5, 5.41) is 4.78. The van der Waals surface area contributed by atoms with Gasteiger partial charge in [0.15, 0.2) is 0 Å². The molecular weight excluding hydrogens is 260 g/mol. The largest absolute Gasteiger partial charge is 0.379 e. The van der Waals surface area contributed by atoms with Gasteiger partial charge in [0.1, 0.15) is 0 Å². The summed E-state index contributed by atoms with van der Waals surface area (Å²) in [6.07, 6.45) is 2.15. The van der Waals surface area contributed by atoms with Crippen LogP contribution in [0.1, 0.15) is 44.0 Å². The van der Waals surface area contributed by atoms with Crippen LogP contribution in [0.3, 0.4) is 0 Å². The molecule has 1 unspecified atom stereocenters. The second-order valence-corrected chi connectivity index (χ2v) is 5.46. The molecule has 0 saturated heterocycles. The Morgan fingerprint density at radius 1 is 1.19 bits per heavy atom. The summed E-state index contributed by atoms with van der Waals surface area (Å²) in [4.78, 5) is 4.83. The molecule has 1 atom stereocenters. The third kappa shape index (κ3) is 4.26. The smallest absolute Gasteiger partial charge is 0.0733 e. The third-order valence-electron chi connectivity index (χ3n) is 3.57. The lowest BCUT2D eigenvalue weighted by Crippen LogP contribution is -2.27. The Kier molecular flexibility index (Phi) is 6.15. The summed E-state index contributed by atoms with van der Waals surface area (Å²) < 4.78 is 5.75. The van der Waals surface area contributed by atoms with Crippen molar-refractivity contribution in [2.45, 2.75) is 39.7 Å². The molecule has 21 heavy (non-hydrogen) atoms. The minimum absolute atomic E-state index is 0.166. The van der Waals surface area contributed by atoms with Crippen molar-refractivity contribution in [3.63, 3.8) is 0 Å². The standard InChI is InChI=1S/C18H26N2O/c1-4-10-19-18(13-21-11-5-2)17-12-14(3)15-8-6-7-9-16(15)20-17/h6-9,12,18-19H,4-5,10-11,13H2,1-3H3. The van der Waals surface area contributed by atoms with Gasteiger partial charge in [0.25, 0.3) is 0 Å². The molecule has 0 amide bonds. The van der Waals surface area contributed by atoms with E-state index in [0.717, 1.165) is 37.2 Å². The van der Waals surface area contributed by atoms with E-state index < -0.39 is 0 Å². The van der Waals surface area contributed by atoms with Crippen molar-refractivity contribution < 1.29 is 4.74 Å². The SMILES string of the molecule is CCCNC(COCCC)c1cc(C)c2ccccc2n1. The number of hydrogen-bond acceptors (Lipinski definition) is 3.